The number of ether oxygens (including phenoxy) is 2. The van der Waals surface area contributed by atoms with E-state index >= 15 is 0 Å². The van der Waals surface area contributed by atoms with Crippen molar-refractivity contribution in [2.24, 2.45) is 0 Å². The number of nitrogens with one attached hydrogen (secondary N) is 1. The van der Waals surface area contributed by atoms with Gasteiger partial charge in [-0.25, -0.2) is 38.1 Å². The van der Waals surface area contributed by atoms with Crippen LogP contribution < -0.4 is 15.0 Å². The molecule has 18 heteroatoms. The minimum atomic E-state index is -4.80. The van der Waals surface area contributed by atoms with Gasteiger partial charge in [0.1, 0.15) is 5.56 Å². The first-order chi connectivity index (χ1) is 22.4. The van der Waals surface area contributed by atoms with E-state index in [4.69, 9.17) is 9.47 Å². The molecule has 1 amide bonds. The van der Waals surface area contributed by atoms with Gasteiger partial charge in [0.05, 0.1) is 42.4 Å². The third-order valence-corrected chi connectivity index (χ3v) is 8.44. The minimum Gasteiger partial charge on any atom is -0.467 e. The zero-order valence-electron chi connectivity index (χ0n) is 25.5. The van der Waals surface area contributed by atoms with E-state index in [0.29, 0.717) is 49.0 Å². The van der Waals surface area contributed by atoms with E-state index < -0.39 is 33.4 Å². The van der Waals surface area contributed by atoms with Gasteiger partial charge < -0.3 is 14.8 Å². The van der Waals surface area contributed by atoms with Crippen molar-refractivity contribution < 1.29 is 35.9 Å². The van der Waals surface area contributed by atoms with Gasteiger partial charge in [-0.05, 0) is 38.7 Å². The number of methoxy groups -OCH3 is 1. The highest BCUT2D eigenvalue weighted by Crippen LogP contribution is 2.37. The molecule has 4 aromatic rings. The van der Waals surface area contributed by atoms with Crippen LogP contribution >= 0.6 is 0 Å². The van der Waals surface area contributed by atoms with Crippen LogP contribution in [-0.2, 0) is 20.8 Å². The van der Waals surface area contributed by atoms with Crippen molar-refractivity contribution in [3.8, 4) is 28.5 Å². The second kappa shape index (κ2) is 13.8. The maximum Gasteiger partial charge on any atom is 0.419 e. The van der Waals surface area contributed by atoms with Crippen molar-refractivity contribution >= 4 is 27.7 Å². The van der Waals surface area contributed by atoms with Crippen LogP contribution in [0.25, 0.3) is 22.5 Å². The maximum absolute atomic E-state index is 13.9. The van der Waals surface area contributed by atoms with Crippen LogP contribution in [0.15, 0.2) is 54.3 Å². The summed E-state index contributed by atoms with van der Waals surface area (Å²) in [7, 11) is -2.27. The summed E-state index contributed by atoms with van der Waals surface area (Å²) in [6, 6.07) is 0.771. The van der Waals surface area contributed by atoms with Crippen LogP contribution in [0.3, 0.4) is 0 Å². The number of amides is 1. The van der Waals surface area contributed by atoms with Crippen molar-refractivity contribution in [2.45, 2.75) is 55.8 Å². The molecular weight excluding hydrogens is 643 g/mol. The van der Waals surface area contributed by atoms with Crippen molar-refractivity contribution in [1.82, 2.24) is 34.9 Å². The standard InChI is InChI=1S/C29H30F3N9O5S/c1-4-46-28(42)41(24-16-34-23(15-35-24)18-11-37-27(45-2)38-12-18)20-7-5-19(6-8-20)39-26-36-14-22(29(30,31)32)25(40-26)17-9-21(13-33-10-17)47(3,43)44/h9-16,19-20H,4-8H2,1-3H3,(H,36,39,40). The summed E-state index contributed by atoms with van der Waals surface area (Å²) >= 11 is 0. The van der Waals surface area contributed by atoms with Crippen LogP contribution in [0.2, 0.25) is 0 Å². The molecule has 0 radical (unpaired) electrons. The molecule has 0 aromatic carbocycles. The maximum atomic E-state index is 13.9. The number of hydrogen-bond acceptors (Lipinski definition) is 13. The first kappa shape index (κ1) is 33.4. The van der Waals surface area contributed by atoms with E-state index in [9.17, 15) is 26.4 Å². The Morgan fingerprint density at radius 2 is 1.68 bits per heavy atom. The lowest BCUT2D eigenvalue weighted by Crippen LogP contribution is -2.45. The summed E-state index contributed by atoms with van der Waals surface area (Å²) in [5.74, 6) is 0.228. The molecule has 0 unspecified atom stereocenters. The Morgan fingerprint density at radius 1 is 0.957 bits per heavy atom. The predicted molar refractivity (Wildman–Crippen MR) is 162 cm³/mol. The second-order valence-electron chi connectivity index (χ2n) is 10.6. The highest BCUT2D eigenvalue weighted by atomic mass is 32.2. The Morgan fingerprint density at radius 3 is 2.28 bits per heavy atom. The Hall–Kier alpha value is -5.00. The normalized spacial score (nSPS) is 16.7. The van der Waals surface area contributed by atoms with Gasteiger partial charge in [-0.1, -0.05) is 0 Å². The molecule has 0 spiro atoms. The SMILES string of the molecule is CCOC(=O)N(c1cnc(-c2cnc(OC)nc2)cn1)C1CCC(Nc2ncc(C(F)(F)F)c(-c3cncc(S(C)(=O)=O)c3)n2)CC1. The number of rotatable bonds is 9. The lowest BCUT2D eigenvalue weighted by molar-refractivity contribution is -0.137. The number of alkyl halides is 3. The number of carbonyl (C=O) groups excluding carboxylic acids is 1. The van der Waals surface area contributed by atoms with Gasteiger partial charge in [-0.15, -0.1) is 0 Å². The van der Waals surface area contributed by atoms with E-state index in [2.05, 4.69) is 40.2 Å². The molecule has 4 heterocycles. The average molecular weight is 674 g/mol. The largest absolute Gasteiger partial charge is 0.467 e. The van der Waals surface area contributed by atoms with Gasteiger partial charge in [0, 0.05) is 60.5 Å². The van der Waals surface area contributed by atoms with Gasteiger partial charge in [-0.3, -0.25) is 14.9 Å². The number of anilines is 2. The number of nitrogens with zero attached hydrogens (tertiary/aromatic N) is 8. The number of halogens is 3. The molecule has 47 heavy (non-hydrogen) atoms. The third-order valence-electron chi connectivity index (χ3n) is 7.36. The van der Waals surface area contributed by atoms with E-state index in [0.717, 1.165) is 24.7 Å². The summed E-state index contributed by atoms with van der Waals surface area (Å²) in [6.45, 7) is 1.85. The lowest BCUT2D eigenvalue weighted by atomic mass is 9.90. The summed E-state index contributed by atoms with van der Waals surface area (Å²) < 4.78 is 75.9. The summed E-state index contributed by atoms with van der Waals surface area (Å²) in [6.07, 6.45) is 6.46. The average Bonchev–Trinajstić information content (AvgIpc) is 3.05. The van der Waals surface area contributed by atoms with Crippen LogP contribution in [0.1, 0.15) is 38.2 Å². The molecule has 1 aliphatic rings. The second-order valence-corrected chi connectivity index (χ2v) is 12.6. The third kappa shape index (κ3) is 7.87. The Balaban J connectivity index is 1.32. The smallest absolute Gasteiger partial charge is 0.419 e. The van der Waals surface area contributed by atoms with Crippen LogP contribution in [0, 0.1) is 0 Å². The topological polar surface area (TPSA) is 175 Å². The molecule has 0 bridgehead atoms. The highest BCUT2D eigenvalue weighted by Gasteiger charge is 2.36. The number of aromatic nitrogens is 7. The van der Waals surface area contributed by atoms with Gasteiger partial charge in [0.2, 0.25) is 5.95 Å². The Kier molecular flexibility index (Phi) is 9.78. The molecule has 1 N–H and O–H groups in total. The molecule has 14 nitrogen and oxygen atoms in total. The molecule has 1 fully saturated rings. The predicted octanol–water partition coefficient (Wildman–Crippen LogP) is 4.60. The molecule has 0 saturated heterocycles. The van der Waals surface area contributed by atoms with Gasteiger partial charge in [0.15, 0.2) is 15.7 Å². The number of pyridine rings is 1. The van der Waals surface area contributed by atoms with E-state index in [1.165, 1.54) is 24.4 Å². The summed E-state index contributed by atoms with van der Waals surface area (Å²) in [4.78, 5) is 43.1. The van der Waals surface area contributed by atoms with Crippen molar-refractivity contribution in [3.63, 3.8) is 0 Å². The van der Waals surface area contributed by atoms with Crippen molar-refractivity contribution in [3.05, 3.63) is 55.0 Å². The van der Waals surface area contributed by atoms with Gasteiger partial charge in [0.25, 0.3) is 0 Å². The Labute approximate surface area is 267 Å². The molecular formula is C29H30F3N9O5S. The van der Waals surface area contributed by atoms with E-state index in [1.54, 1.807) is 19.3 Å². The van der Waals surface area contributed by atoms with E-state index in [-0.39, 0.29) is 41.1 Å². The van der Waals surface area contributed by atoms with Crippen LogP contribution in [-0.4, -0.2) is 81.5 Å². The fourth-order valence-corrected chi connectivity index (χ4v) is 5.66. The molecule has 248 valence electrons. The molecule has 5 rings (SSSR count). The minimum absolute atomic E-state index is 0.0626. The molecule has 0 aliphatic heterocycles. The van der Waals surface area contributed by atoms with Gasteiger partial charge >= 0.3 is 18.3 Å². The number of hydrogen-bond donors (Lipinski definition) is 1. The Bertz CT molecular complexity index is 1820. The lowest BCUT2D eigenvalue weighted by Gasteiger charge is -2.35. The molecule has 0 atom stereocenters. The fraction of sp³-hybridized carbons (Fsp3) is 0.379. The fourth-order valence-electron chi connectivity index (χ4n) is 5.06. The zero-order valence-corrected chi connectivity index (χ0v) is 26.3. The summed E-state index contributed by atoms with van der Waals surface area (Å²) in [5, 5.41) is 3.09. The van der Waals surface area contributed by atoms with Crippen molar-refractivity contribution in [1.29, 1.82) is 0 Å². The number of carbonyl (C=O) groups is 1. The van der Waals surface area contributed by atoms with Crippen molar-refractivity contribution in [2.75, 3.05) is 30.2 Å². The quantitative estimate of drug-likeness (QED) is 0.261. The summed E-state index contributed by atoms with van der Waals surface area (Å²) in [5.41, 5.74) is -0.657. The zero-order chi connectivity index (χ0) is 33.8. The van der Waals surface area contributed by atoms with Crippen LogP contribution in [0.4, 0.5) is 29.7 Å². The first-order valence-corrected chi connectivity index (χ1v) is 16.3. The monoisotopic (exact) mass is 673 g/mol. The van der Waals surface area contributed by atoms with E-state index in [1.807, 2.05) is 0 Å². The molecule has 1 aliphatic carbocycles. The van der Waals surface area contributed by atoms with Gasteiger partial charge in [-0.2, -0.15) is 13.2 Å². The number of sulfone groups is 1. The highest BCUT2D eigenvalue weighted by molar-refractivity contribution is 7.90. The molecule has 4 aromatic heterocycles. The first-order valence-electron chi connectivity index (χ1n) is 14.4. The molecule has 1 saturated carbocycles. The van der Waals surface area contributed by atoms with Crippen LogP contribution in [0.5, 0.6) is 6.01 Å².